The zero-order chi connectivity index (χ0) is 13.7. The van der Waals surface area contributed by atoms with Crippen molar-refractivity contribution in [2.45, 2.75) is 32.9 Å². The fraction of sp³-hybridized carbons (Fsp3) is 0.294. The molecule has 2 aromatic rings. The third kappa shape index (κ3) is 3.58. The van der Waals surface area contributed by atoms with Crippen LogP contribution in [-0.4, -0.2) is 5.11 Å². The summed E-state index contributed by atoms with van der Waals surface area (Å²) in [6.45, 7) is 4.38. The minimum atomic E-state index is 0.0927. The van der Waals surface area contributed by atoms with Gasteiger partial charge in [0, 0.05) is 5.69 Å². The standard InChI is InChI=1S/C17H21NO/c1-3-17(15-8-4-13(2)5-9-15)18-16-10-6-14(12-19)7-11-16/h4-11,17-19H,3,12H2,1-2H3. The molecule has 1 atom stereocenters. The van der Waals surface area contributed by atoms with Crippen molar-refractivity contribution in [1.82, 2.24) is 0 Å². The molecule has 2 aromatic carbocycles. The summed E-state index contributed by atoms with van der Waals surface area (Å²) >= 11 is 0. The van der Waals surface area contributed by atoms with E-state index in [9.17, 15) is 0 Å². The van der Waals surface area contributed by atoms with Crippen molar-refractivity contribution in [3.05, 3.63) is 65.2 Å². The van der Waals surface area contributed by atoms with Gasteiger partial charge in [-0.2, -0.15) is 0 Å². The molecule has 0 aliphatic heterocycles. The van der Waals surface area contributed by atoms with Crippen LogP contribution in [0.4, 0.5) is 5.69 Å². The Morgan fingerprint density at radius 1 is 1.00 bits per heavy atom. The SMILES string of the molecule is CCC(Nc1ccc(CO)cc1)c1ccc(C)cc1. The van der Waals surface area contributed by atoms with E-state index in [1.165, 1.54) is 11.1 Å². The lowest BCUT2D eigenvalue weighted by molar-refractivity contribution is 0.282. The Morgan fingerprint density at radius 2 is 1.63 bits per heavy atom. The Kier molecular flexibility index (Phi) is 4.58. The van der Waals surface area contributed by atoms with Crippen molar-refractivity contribution in [3.8, 4) is 0 Å². The van der Waals surface area contributed by atoms with Gasteiger partial charge in [-0.05, 0) is 36.6 Å². The minimum absolute atomic E-state index is 0.0927. The molecule has 0 fully saturated rings. The fourth-order valence-corrected chi connectivity index (χ4v) is 2.13. The molecule has 0 saturated heterocycles. The number of aliphatic hydroxyl groups excluding tert-OH is 1. The summed E-state index contributed by atoms with van der Waals surface area (Å²) in [5.41, 5.74) is 4.61. The molecule has 0 aliphatic carbocycles. The highest BCUT2D eigenvalue weighted by atomic mass is 16.3. The number of aliphatic hydroxyl groups is 1. The first-order valence-corrected chi connectivity index (χ1v) is 6.76. The largest absolute Gasteiger partial charge is 0.392 e. The smallest absolute Gasteiger partial charge is 0.0681 e. The molecule has 0 saturated carbocycles. The third-order valence-corrected chi connectivity index (χ3v) is 3.37. The molecule has 19 heavy (non-hydrogen) atoms. The van der Waals surface area contributed by atoms with Crippen LogP contribution in [0.5, 0.6) is 0 Å². The van der Waals surface area contributed by atoms with E-state index in [1.807, 2.05) is 24.3 Å². The first-order chi connectivity index (χ1) is 9.22. The highest BCUT2D eigenvalue weighted by Gasteiger charge is 2.08. The number of hydrogen-bond acceptors (Lipinski definition) is 2. The maximum absolute atomic E-state index is 9.04. The van der Waals surface area contributed by atoms with Crippen molar-refractivity contribution in [1.29, 1.82) is 0 Å². The lowest BCUT2D eigenvalue weighted by Crippen LogP contribution is -2.09. The molecule has 0 aromatic heterocycles. The summed E-state index contributed by atoms with van der Waals surface area (Å²) < 4.78 is 0. The molecular weight excluding hydrogens is 234 g/mol. The van der Waals surface area contributed by atoms with E-state index < -0.39 is 0 Å². The van der Waals surface area contributed by atoms with Gasteiger partial charge in [0.15, 0.2) is 0 Å². The van der Waals surface area contributed by atoms with Crippen LogP contribution >= 0.6 is 0 Å². The third-order valence-electron chi connectivity index (χ3n) is 3.37. The predicted molar refractivity (Wildman–Crippen MR) is 80.2 cm³/mol. The van der Waals surface area contributed by atoms with Gasteiger partial charge in [-0.1, -0.05) is 48.9 Å². The molecule has 1 unspecified atom stereocenters. The van der Waals surface area contributed by atoms with Gasteiger partial charge in [-0.25, -0.2) is 0 Å². The number of nitrogens with one attached hydrogen (secondary N) is 1. The number of anilines is 1. The van der Waals surface area contributed by atoms with E-state index in [0.29, 0.717) is 6.04 Å². The maximum Gasteiger partial charge on any atom is 0.0681 e. The second kappa shape index (κ2) is 6.39. The van der Waals surface area contributed by atoms with Crippen molar-refractivity contribution in [2.24, 2.45) is 0 Å². The van der Waals surface area contributed by atoms with Gasteiger partial charge in [-0.3, -0.25) is 0 Å². The first-order valence-electron chi connectivity index (χ1n) is 6.76. The zero-order valence-corrected chi connectivity index (χ0v) is 11.6. The van der Waals surface area contributed by atoms with Crippen LogP contribution in [0.25, 0.3) is 0 Å². The van der Waals surface area contributed by atoms with Crippen molar-refractivity contribution in [3.63, 3.8) is 0 Å². The average molecular weight is 255 g/mol. The second-order valence-electron chi connectivity index (χ2n) is 4.87. The van der Waals surface area contributed by atoms with E-state index in [-0.39, 0.29) is 6.61 Å². The monoisotopic (exact) mass is 255 g/mol. The van der Waals surface area contributed by atoms with Crippen LogP contribution in [0.1, 0.15) is 36.1 Å². The summed E-state index contributed by atoms with van der Waals surface area (Å²) in [4.78, 5) is 0. The summed E-state index contributed by atoms with van der Waals surface area (Å²) in [5, 5.41) is 12.6. The van der Waals surface area contributed by atoms with Crippen LogP contribution in [0.3, 0.4) is 0 Å². The Labute approximate surface area is 115 Å². The van der Waals surface area contributed by atoms with Crippen LogP contribution in [0.2, 0.25) is 0 Å². The Hall–Kier alpha value is -1.80. The molecule has 100 valence electrons. The second-order valence-corrected chi connectivity index (χ2v) is 4.87. The molecule has 2 nitrogen and oxygen atoms in total. The highest BCUT2D eigenvalue weighted by Crippen LogP contribution is 2.23. The Balaban J connectivity index is 2.11. The van der Waals surface area contributed by atoms with Crippen molar-refractivity contribution >= 4 is 5.69 Å². The van der Waals surface area contributed by atoms with Crippen molar-refractivity contribution < 1.29 is 5.11 Å². The molecule has 0 aliphatic rings. The summed E-state index contributed by atoms with van der Waals surface area (Å²) in [6, 6.07) is 16.9. The van der Waals surface area contributed by atoms with E-state index in [4.69, 9.17) is 5.11 Å². The van der Waals surface area contributed by atoms with Gasteiger partial charge >= 0.3 is 0 Å². The van der Waals surface area contributed by atoms with Crippen LogP contribution in [0, 0.1) is 6.92 Å². The fourth-order valence-electron chi connectivity index (χ4n) is 2.13. The quantitative estimate of drug-likeness (QED) is 0.844. The molecule has 0 radical (unpaired) electrons. The highest BCUT2D eigenvalue weighted by molar-refractivity contribution is 5.47. The topological polar surface area (TPSA) is 32.3 Å². The van der Waals surface area contributed by atoms with Gasteiger partial charge in [-0.15, -0.1) is 0 Å². The Morgan fingerprint density at radius 3 is 2.16 bits per heavy atom. The van der Waals surface area contributed by atoms with Gasteiger partial charge in [0.05, 0.1) is 12.6 Å². The van der Waals surface area contributed by atoms with E-state index >= 15 is 0 Å². The minimum Gasteiger partial charge on any atom is -0.392 e. The van der Waals surface area contributed by atoms with Crippen LogP contribution < -0.4 is 5.32 Å². The molecule has 2 rings (SSSR count). The zero-order valence-electron chi connectivity index (χ0n) is 11.6. The predicted octanol–water partition coefficient (Wildman–Crippen LogP) is 4.05. The normalized spacial score (nSPS) is 12.2. The number of rotatable bonds is 5. The molecule has 0 heterocycles. The molecule has 0 bridgehead atoms. The molecule has 0 amide bonds. The maximum atomic E-state index is 9.04. The van der Waals surface area contributed by atoms with Gasteiger partial charge < -0.3 is 10.4 Å². The summed E-state index contributed by atoms with van der Waals surface area (Å²) in [7, 11) is 0. The molecular formula is C17H21NO. The van der Waals surface area contributed by atoms with Crippen LogP contribution in [-0.2, 0) is 6.61 Å². The molecule has 2 N–H and O–H groups in total. The number of hydrogen-bond donors (Lipinski definition) is 2. The lowest BCUT2D eigenvalue weighted by atomic mass is 10.0. The van der Waals surface area contributed by atoms with Crippen molar-refractivity contribution in [2.75, 3.05) is 5.32 Å². The molecule has 2 heteroatoms. The number of benzene rings is 2. The van der Waals surface area contributed by atoms with Crippen LogP contribution in [0.15, 0.2) is 48.5 Å². The van der Waals surface area contributed by atoms with E-state index in [0.717, 1.165) is 17.7 Å². The molecule has 0 spiro atoms. The lowest BCUT2D eigenvalue weighted by Gasteiger charge is -2.19. The average Bonchev–Trinajstić information content (AvgIpc) is 2.46. The number of aryl methyl sites for hydroxylation is 1. The van der Waals surface area contributed by atoms with Gasteiger partial charge in [0.1, 0.15) is 0 Å². The van der Waals surface area contributed by atoms with E-state index in [1.54, 1.807) is 0 Å². The van der Waals surface area contributed by atoms with Gasteiger partial charge in [0.25, 0.3) is 0 Å². The summed E-state index contributed by atoms with van der Waals surface area (Å²) in [5.74, 6) is 0. The Bertz CT molecular complexity index is 502. The van der Waals surface area contributed by atoms with E-state index in [2.05, 4.69) is 43.4 Å². The first kappa shape index (κ1) is 13.6. The summed E-state index contributed by atoms with van der Waals surface area (Å²) in [6.07, 6.45) is 1.03. The van der Waals surface area contributed by atoms with Gasteiger partial charge in [0.2, 0.25) is 0 Å².